The molecule has 1 aliphatic carbocycles. The molecular weight excluding hydrogens is 190 g/mol. The van der Waals surface area contributed by atoms with E-state index in [1.165, 1.54) is 12.8 Å². The number of hydrogen-bond acceptors (Lipinski definition) is 2. The number of nitrogens with one attached hydrogen (secondary N) is 2. The summed E-state index contributed by atoms with van der Waals surface area (Å²) in [4.78, 5) is 11.5. The second kappa shape index (κ2) is 6.28. The van der Waals surface area contributed by atoms with Crippen LogP contribution in [0.4, 0.5) is 4.79 Å². The van der Waals surface area contributed by atoms with Gasteiger partial charge in [0.05, 0.1) is 6.07 Å². The van der Waals surface area contributed by atoms with Crippen molar-refractivity contribution in [1.82, 2.24) is 10.6 Å². The van der Waals surface area contributed by atoms with E-state index in [1.54, 1.807) is 0 Å². The maximum Gasteiger partial charge on any atom is 0.316 e. The van der Waals surface area contributed by atoms with Crippen LogP contribution in [-0.2, 0) is 0 Å². The van der Waals surface area contributed by atoms with Crippen molar-refractivity contribution in [3.05, 3.63) is 0 Å². The van der Waals surface area contributed by atoms with E-state index in [9.17, 15) is 4.79 Å². The number of hydrogen-bond donors (Lipinski definition) is 2. The standard InChI is InChI=1S/C11H19N3O/c1-2-5-10(8-12)14-11(15)13-9-6-3-4-7-9/h9-10H,2-7H2,1H3,(H2,13,14,15). The molecule has 2 amide bonds. The Balaban J connectivity index is 2.24. The van der Waals surface area contributed by atoms with Gasteiger partial charge in [-0.05, 0) is 19.3 Å². The Morgan fingerprint density at radius 3 is 2.73 bits per heavy atom. The lowest BCUT2D eigenvalue weighted by atomic mass is 10.2. The van der Waals surface area contributed by atoms with Crippen molar-refractivity contribution < 1.29 is 4.79 Å². The Kier molecular flexibility index (Phi) is 4.96. The molecule has 0 aliphatic heterocycles. The summed E-state index contributed by atoms with van der Waals surface area (Å²) in [7, 11) is 0. The van der Waals surface area contributed by atoms with E-state index in [0.717, 1.165) is 19.3 Å². The highest BCUT2D eigenvalue weighted by Gasteiger charge is 2.18. The number of carbonyl (C=O) groups excluding carboxylic acids is 1. The lowest BCUT2D eigenvalue weighted by Crippen LogP contribution is -2.45. The van der Waals surface area contributed by atoms with Crippen molar-refractivity contribution in [1.29, 1.82) is 5.26 Å². The van der Waals surface area contributed by atoms with Crippen molar-refractivity contribution in [2.75, 3.05) is 0 Å². The number of nitriles is 1. The van der Waals surface area contributed by atoms with Gasteiger partial charge in [-0.15, -0.1) is 0 Å². The van der Waals surface area contributed by atoms with Gasteiger partial charge in [-0.25, -0.2) is 4.79 Å². The minimum absolute atomic E-state index is 0.193. The first-order valence-electron chi connectivity index (χ1n) is 5.73. The predicted molar refractivity (Wildman–Crippen MR) is 58.2 cm³/mol. The van der Waals surface area contributed by atoms with Gasteiger partial charge in [-0.2, -0.15) is 5.26 Å². The van der Waals surface area contributed by atoms with Crippen LogP contribution in [0.1, 0.15) is 45.4 Å². The van der Waals surface area contributed by atoms with E-state index in [2.05, 4.69) is 16.7 Å². The SMILES string of the molecule is CCCC(C#N)NC(=O)NC1CCCC1. The zero-order valence-corrected chi connectivity index (χ0v) is 9.25. The van der Waals surface area contributed by atoms with Gasteiger partial charge in [0.25, 0.3) is 0 Å². The van der Waals surface area contributed by atoms with Crippen LogP contribution >= 0.6 is 0 Å². The highest BCUT2D eigenvalue weighted by molar-refractivity contribution is 5.74. The third kappa shape index (κ3) is 4.20. The van der Waals surface area contributed by atoms with Crippen LogP contribution < -0.4 is 10.6 Å². The summed E-state index contributed by atoms with van der Waals surface area (Å²) in [6.45, 7) is 2.00. The number of urea groups is 1. The van der Waals surface area contributed by atoms with Crippen LogP contribution in [0.2, 0.25) is 0 Å². The molecule has 1 aliphatic rings. The summed E-state index contributed by atoms with van der Waals surface area (Å²) in [6, 6.07) is 1.85. The van der Waals surface area contributed by atoms with Gasteiger partial charge in [-0.3, -0.25) is 0 Å². The Morgan fingerprint density at radius 1 is 1.53 bits per heavy atom. The van der Waals surface area contributed by atoms with Crippen molar-refractivity contribution in [2.45, 2.75) is 57.5 Å². The van der Waals surface area contributed by atoms with Crippen LogP contribution in [0.5, 0.6) is 0 Å². The summed E-state index contributed by atoms with van der Waals surface area (Å²) in [5, 5.41) is 14.4. The molecule has 84 valence electrons. The Morgan fingerprint density at radius 2 is 2.20 bits per heavy atom. The Hall–Kier alpha value is -1.24. The van der Waals surface area contributed by atoms with Gasteiger partial charge in [0, 0.05) is 6.04 Å². The number of rotatable bonds is 4. The van der Waals surface area contributed by atoms with Gasteiger partial charge in [0.1, 0.15) is 6.04 Å². The van der Waals surface area contributed by atoms with Crippen molar-refractivity contribution in [2.24, 2.45) is 0 Å². The smallest absolute Gasteiger partial charge is 0.316 e. The normalized spacial score (nSPS) is 18.1. The second-order valence-electron chi connectivity index (χ2n) is 4.07. The zero-order valence-electron chi connectivity index (χ0n) is 9.25. The second-order valence-corrected chi connectivity index (χ2v) is 4.07. The first-order chi connectivity index (χ1) is 7.26. The average molecular weight is 209 g/mol. The molecule has 0 saturated heterocycles. The van der Waals surface area contributed by atoms with Gasteiger partial charge in [0.15, 0.2) is 0 Å². The van der Waals surface area contributed by atoms with Gasteiger partial charge < -0.3 is 10.6 Å². The lowest BCUT2D eigenvalue weighted by molar-refractivity contribution is 0.235. The molecule has 0 aromatic rings. The first kappa shape index (κ1) is 11.8. The third-order valence-electron chi connectivity index (χ3n) is 2.73. The molecule has 4 nitrogen and oxygen atoms in total. The molecule has 1 saturated carbocycles. The van der Waals surface area contributed by atoms with Crippen LogP contribution in [0.3, 0.4) is 0 Å². The molecular formula is C11H19N3O. The van der Waals surface area contributed by atoms with Gasteiger partial charge >= 0.3 is 6.03 Å². The van der Waals surface area contributed by atoms with Crippen LogP contribution in [0, 0.1) is 11.3 Å². The van der Waals surface area contributed by atoms with Crippen LogP contribution in [0.15, 0.2) is 0 Å². The highest BCUT2D eigenvalue weighted by Crippen LogP contribution is 2.17. The predicted octanol–water partition coefficient (Wildman–Crippen LogP) is 1.92. The fourth-order valence-electron chi connectivity index (χ4n) is 1.91. The molecule has 0 aromatic carbocycles. The Bertz CT molecular complexity index is 241. The molecule has 1 fully saturated rings. The zero-order chi connectivity index (χ0) is 11.1. The van der Waals surface area contributed by atoms with E-state index >= 15 is 0 Å². The number of carbonyl (C=O) groups is 1. The van der Waals surface area contributed by atoms with E-state index in [0.29, 0.717) is 12.5 Å². The molecule has 0 radical (unpaired) electrons. The molecule has 1 rings (SSSR count). The molecule has 0 bridgehead atoms. The molecule has 1 unspecified atom stereocenters. The van der Waals surface area contributed by atoms with Crippen molar-refractivity contribution >= 4 is 6.03 Å². The molecule has 4 heteroatoms. The maximum absolute atomic E-state index is 11.5. The Labute approximate surface area is 91.0 Å². The third-order valence-corrected chi connectivity index (χ3v) is 2.73. The number of nitrogens with zero attached hydrogens (tertiary/aromatic N) is 1. The average Bonchev–Trinajstić information content (AvgIpc) is 2.69. The van der Waals surface area contributed by atoms with E-state index < -0.39 is 0 Å². The molecule has 0 heterocycles. The minimum Gasteiger partial charge on any atom is -0.335 e. The van der Waals surface area contributed by atoms with E-state index in [-0.39, 0.29) is 12.1 Å². The summed E-state index contributed by atoms with van der Waals surface area (Å²) in [5.74, 6) is 0. The molecule has 2 N–H and O–H groups in total. The lowest BCUT2D eigenvalue weighted by Gasteiger charge is -2.15. The van der Waals surface area contributed by atoms with Gasteiger partial charge in [-0.1, -0.05) is 26.2 Å². The molecule has 1 atom stereocenters. The van der Waals surface area contributed by atoms with Crippen molar-refractivity contribution in [3.8, 4) is 6.07 Å². The largest absolute Gasteiger partial charge is 0.335 e. The van der Waals surface area contributed by atoms with Crippen LogP contribution in [0.25, 0.3) is 0 Å². The fourth-order valence-corrected chi connectivity index (χ4v) is 1.91. The van der Waals surface area contributed by atoms with E-state index in [4.69, 9.17) is 5.26 Å². The van der Waals surface area contributed by atoms with E-state index in [1.807, 2.05) is 6.92 Å². The van der Waals surface area contributed by atoms with Crippen LogP contribution in [-0.4, -0.2) is 18.1 Å². The summed E-state index contributed by atoms with van der Waals surface area (Å²) < 4.78 is 0. The quantitative estimate of drug-likeness (QED) is 0.743. The summed E-state index contributed by atoms with van der Waals surface area (Å²) >= 11 is 0. The fraction of sp³-hybridized carbons (Fsp3) is 0.818. The molecule has 0 aromatic heterocycles. The monoisotopic (exact) mass is 209 g/mol. The minimum atomic E-state index is -0.351. The maximum atomic E-state index is 11.5. The summed E-state index contributed by atoms with van der Waals surface area (Å²) in [6.07, 6.45) is 6.15. The van der Waals surface area contributed by atoms with Crippen molar-refractivity contribution in [3.63, 3.8) is 0 Å². The molecule has 0 spiro atoms. The van der Waals surface area contributed by atoms with Gasteiger partial charge in [0.2, 0.25) is 0 Å². The first-order valence-corrected chi connectivity index (χ1v) is 5.73. The molecule has 15 heavy (non-hydrogen) atoms. The highest BCUT2D eigenvalue weighted by atomic mass is 16.2. The number of amides is 2. The topological polar surface area (TPSA) is 64.9 Å². The summed E-state index contributed by atoms with van der Waals surface area (Å²) in [5.41, 5.74) is 0.